The molecule has 0 aliphatic rings. The average Bonchev–Trinajstić information content (AvgIpc) is 2.13. The highest BCUT2D eigenvalue weighted by atomic mass is 16.1. The van der Waals surface area contributed by atoms with Gasteiger partial charge in [0.1, 0.15) is 0 Å². The number of aromatic nitrogens is 3. The predicted molar refractivity (Wildman–Crippen MR) is 28.4 cm³/mol. The zero-order valence-electron chi connectivity index (χ0n) is 4.83. The van der Waals surface area contributed by atoms with Crippen molar-refractivity contribution in [2.75, 3.05) is 0 Å². The first-order valence-corrected chi connectivity index (χ1v) is 2.28. The van der Waals surface area contributed by atoms with Crippen molar-refractivity contribution in [2.45, 2.75) is 0 Å². The molecule has 1 aromatic rings. The van der Waals surface area contributed by atoms with Gasteiger partial charge in [-0.25, -0.2) is 0 Å². The van der Waals surface area contributed by atoms with Gasteiger partial charge in [-0.3, -0.25) is 4.79 Å². The van der Waals surface area contributed by atoms with Crippen LogP contribution < -0.4 is 5.73 Å². The Morgan fingerprint density at radius 1 is 1.89 bits per heavy atom. The molecule has 0 atom stereocenters. The van der Waals surface area contributed by atoms with Crippen LogP contribution in [0.2, 0.25) is 0 Å². The van der Waals surface area contributed by atoms with E-state index in [1.165, 1.54) is 4.57 Å². The first-order valence-electron chi connectivity index (χ1n) is 2.28. The molecule has 0 unspecified atom stereocenters. The fourth-order valence-corrected chi connectivity index (χ4v) is 0.466. The maximum absolute atomic E-state index is 10.4. The van der Waals surface area contributed by atoms with E-state index in [2.05, 4.69) is 16.5 Å². The average molecular weight is 125 g/mol. The van der Waals surface area contributed by atoms with E-state index >= 15 is 0 Å². The molecule has 2 N–H and O–H groups in total. The van der Waals surface area contributed by atoms with Crippen LogP contribution in [-0.2, 0) is 7.05 Å². The normalized spacial score (nSPS) is 9.44. The van der Waals surface area contributed by atoms with Crippen molar-refractivity contribution in [3.8, 4) is 0 Å². The molecule has 0 saturated carbocycles. The van der Waals surface area contributed by atoms with Crippen molar-refractivity contribution in [3.05, 3.63) is 12.2 Å². The summed E-state index contributed by atoms with van der Waals surface area (Å²) in [5.74, 6) is -0.471. The first-order chi connectivity index (χ1) is 4.22. The third-order valence-corrected chi connectivity index (χ3v) is 0.878. The Balaban J connectivity index is 3.08. The minimum Gasteiger partial charge on any atom is -0.363 e. The number of nitrogens with zero attached hydrogens (tertiary/aromatic N) is 3. The van der Waals surface area contributed by atoms with Gasteiger partial charge in [0.2, 0.25) is 12.2 Å². The van der Waals surface area contributed by atoms with E-state index in [0.29, 0.717) is 0 Å². The quantitative estimate of drug-likeness (QED) is 0.507. The van der Waals surface area contributed by atoms with Gasteiger partial charge < -0.3 is 10.3 Å². The maximum atomic E-state index is 10.4. The summed E-state index contributed by atoms with van der Waals surface area (Å²) in [6.45, 7) is 0. The molecule has 0 fully saturated rings. The van der Waals surface area contributed by atoms with E-state index < -0.39 is 5.91 Å². The lowest BCUT2D eigenvalue weighted by molar-refractivity contribution is 0.0987. The number of nitrogens with two attached hydrogens (primary N) is 1. The summed E-state index contributed by atoms with van der Waals surface area (Å²) in [6.07, 6.45) is 2.40. The van der Waals surface area contributed by atoms with Crippen molar-refractivity contribution in [3.63, 3.8) is 0 Å². The Morgan fingerprint density at radius 3 is 2.78 bits per heavy atom. The number of hydrogen-bond donors (Lipinski definition) is 1. The van der Waals surface area contributed by atoms with Gasteiger partial charge in [-0.15, -0.1) is 10.2 Å². The number of carbonyl (C=O) groups excluding carboxylic acids is 1. The molecule has 1 aromatic heterocycles. The van der Waals surface area contributed by atoms with Gasteiger partial charge in [0.25, 0.3) is 5.91 Å². The van der Waals surface area contributed by atoms with E-state index in [-0.39, 0.29) is 5.82 Å². The monoisotopic (exact) mass is 125 g/mol. The molecule has 1 amide bonds. The summed E-state index contributed by atoms with van der Waals surface area (Å²) in [7, 11) is 1.60. The third-order valence-electron chi connectivity index (χ3n) is 0.878. The van der Waals surface area contributed by atoms with Crippen molar-refractivity contribution in [1.29, 1.82) is 0 Å². The maximum Gasteiger partial charge on any atom is 0.286 e. The molecule has 9 heavy (non-hydrogen) atoms. The van der Waals surface area contributed by atoms with Crippen LogP contribution in [0.15, 0.2) is 0 Å². The number of carbonyl (C=O) groups is 1. The highest BCUT2D eigenvalue weighted by molar-refractivity contribution is 5.88. The third kappa shape index (κ3) is 0.883. The Kier molecular flexibility index (Phi) is 1.18. The molecule has 1 rings (SSSR count). The van der Waals surface area contributed by atoms with Crippen LogP contribution in [0.5, 0.6) is 0 Å². The first kappa shape index (κ1) is 5.74. The van der Waals surface area contributed by atoms with Crippen LogP contribution in [0.25, 0.3) is 0 Å². The summed E-state index contributed by atoms with van der Waals surface area (Å²) < 4.78 is 1.34. The summed E-state index contributed by atoms with van der Waals surface area (Å²) in [6, 6.07) is 0. The molecule has 0 bridgehead atoms. The second-order valence-electron chi connectivity index (χ2n) is 1.55. The molecule has 0 aliphatic heterocycles. The summed E-state index contributed by atoms with van der Waals surface area (Å²) in [4.78, 5) is 10.4. The summed E-state index contributed by atoms with van der Waals surface area (Å²) in [5, 5.41) is 6.73. The molecule has 0 aromatic carbocycles. The van der Waals surface area contributed by atoms with Crippen LogP contribution in [0.4, 0.5) is 0 Å². The lowest BCUT2D eigenvalue weighted by Gasteiger charge is -1.89. The van der Waals surface area contributed by atoms with Crippen LogP contribution in [0.3, 0.4) is 0 Å². The van der Waals surface area contributed by atoms with Crippen molar-refractivity contribution in [2.24, 2.45) is 12.8 Å². The van der Waals surface area contributed by atoms with Crippen LogP contribution >= 0.6 is 0 Å². The van der Waals surface area contributed by atoms with Crippen molar-refractivity contribution >= 4 is 5.91 Å². The highest BCUT2D eigenvalue weighted by Gasteiger charge is 2.05. The molecule has 0 spiro atoms. The number of amides is 1. The minimum absolute atomic E-state index is 0.120. The highest BCUT2D eigenvalue weighted by Crippen LogP contribution is 1.85. The van der Waals surface area contributed by atoms with Gasteiger partial charge in [-0.2, -0.15) is 0 Å². The van der Waals surface area contributed by atoms with Gasteiger partial charge in [0.05, 0.1) is 0 Å². The van der Waals surface area contributed by atoms with E-state index in [1.807, 2.05) is 0 Å². The van der Waals surface area contributed by atoms with Crippen molar-refractivity contribution in [1.82, 2.24) is 14.8 Å². The van der Waals surface area contributed by atoms with Crippen LogP contribution in [-0.4, -0.2) is 20.7 Å². The molecule has 5 heteroatoms. The summed E-state index contributed by atoms with van der Waals surface area (Å²) in [5.41, 5.74) is 4.88. The Hall–Kier alpha value is -1.39. The predicted octanol–water partition coefficient (Wildman–Crippen LogP) is -1.29. The van der Waals surface area contributed by atoms with Gasteiger partial charge in [-0.1, -0.05) is 0 Å². The molecule has 0 aliphatic carbocycles. The smallest absolute Gasteiger partial charge is 0.286 e. The molecule has 1 heterocycles. The van der Waals surface area contributed by atoms with Gasteiger partial charge in [0, 0.05) is 7.05 Å². The molecule has 0 saturated heterocycles. The Bertz CT molecular complexity index is 228. The van der Waals surface area contributed by atoms with E-state index in [0.717, 1.165) is 0 Å². The van der Waals surface area contributed by atoms with Gasteiger partial charge >= 0.3 is 0 Å². The van der Waals surface area contributed by atoms with Crippen LogP contribution in [0, 0.1) is 6.33 Å². The van der Waals surface area contributed by atoms with Crippen molar-refractivity contribution < 1.29 is 4.79 Å². The van der Waals surface area contributed by atoms with Crippen LogP contribution in [0.1, 0.15) is 10.6 Å². The lowest BCUT2D eigenvalue weighted by atomic mass is 10.6. The zero-order chi connectivity index (χ0) is 6.85. The Morgan fingerprint density at radius 2 is 2.56 bits per heavy atom. The zero-order valence-corrected chi connectivity index (χ0v) is 4.83. The van der Waals surface area contributed by atoms with E-state index in [9.17, 15) is 4.79 Å². The lowest BCUT2D eigenvalue weighted by Crippen LogP contribution is -2.16. The Labute approximate surface area is 51.5 Å². The fraction of sp³-hybridized carbons (Fsp3) is 0.250. The summed E-state index contributed by atoms with van der Waals surface area (Å²) >= 11 is 0. The van der Waals surface area contributed by atoms with E-state index in [1.54, 1.807) is 7.05 Å². The topological polar surface area (TPSA) is 73.8 Å². The van der Waals surface area contributed by atoms with Gasteiger partial charge in [0.15, 0.2) is 0 Å². The van der Waals surface area contributed by atoms with E-state index in [4.69, 9.17) is 5.73 Å². The SMILES string of the molecule is Cn1[c]nnc1C(N)=O. The second-order valence-corrected chi connectivity index (χ2v) is 1.55. The molecule has 47 valence electrons. The number of hydrogen-bond acceptors (Lipinski definition) is 3. The largest absolute Gasteiger partial charge is 0.363 e. The number of primary amides is 1. The molecule has 1 radical (unpaired) electrons. The molecular formula is C4H5N4O. The standard InChI is InChI=1S/C4H5N4O/c1-8-2-6-7-4(8)3(5)9/h1H3,(H2,5,9). The minimum atomic E-state index is -0.591. The number of aryl methyl sites for hydroxylation is 1. The number of rotatable bonds is 1. The second kappa shape index (κ2) is 1.85. The molecular weight excluding hydrogens is 120 g/mol. The van der Waals surface area contributed by atoms with Gasteiger partial charge in [-0.05, 0) is 0 Å². The fourth-order valence-electron chi connectivity index (χ4n) is 0.466. The molecule has 5 nitrogen and oxygen atoms in total.